The van der Waals surface area contributed by atoms with Crippen LogP contribution >= 0.6 is 23.1 Å². The quantitative estimate of drug-likeness (QED) is 0.685. The van der Waals surface area contributed by atoms with Gasteiger partial charge in [-0.25, -0.2) is 8.42 Å². The lowest BCUT2D eigenvalue weighted by Gasteiger charge is -2.11. The van der Waals surface area contributed by atoms with Gasteiger partial charge in [0.1, 0.15) is 5.75 Å². The average Bonchev–Trinajstić information content (AvgIpc) is 2.92. The predicted octanol–water partition coefficient (Wildman–Crippen LogP) is 2.81. The van der Waals surface area contributed by atoms with Gasteiger partial charge in [0.05, 0.1) is 17.7 Å². The minimum absolute atomic E-state index is 0.0229. The lowest BCUT2D eigenvalue weighted by Crippen LogP contribution is -2.14. The van der Waals surface area contributed by atoms with E-state index in [1.54, 1.807) is 0 Å². The Hall–Kier alpha value is -1.85. The molecule has 0 saturated carbocycles. The van der Waals surface area contributed by atoms with Crippen molar-refractivity contribution in [2.45, 2.75) is 35.3 Å². The SMILES string of the molecule is COc1ccc(S(=O)(=O)Nc2nnc(SC(C)C)s2)cc1NC(C)=O. The third-order valence-electron chi connectivity index (χ3n) is 2.76. The first kappa shape index (κ1) is 19.5. The fourth-order valence-electron chi connectivity index (χ4n) is 1.82. The zero-order valence-electron chi connectivity index (χ0n) is 14.1. The van der Waals surface area contributed by atoms with Crippen LogP contribution in [0.3, 0.4) is 0 Å². The summed E-state index contributed by atoms with van der Waals surface area (Å²) in [7, 11) is -2.44. The molecule has 136 valence electrons. The Morgan fingerprint density at radius 2 is 2.04 bits per heavy atom. The second kappa shape index (κ2) is 8.02. The van der Waals surface area contributed by atoms with Gasteiger partial charge in [-0.1, -0.05) is 36.9 Å². The largest absolute Gasteiger partial charge is 0.495 e. The number of ether oxygens (including phenoxy) is 1. The van der Waals surface area contributed by atoms with E-state index in [2.05, 4.69) is 20.2 Å². The molecule has 1 aromatic heterocycles. The third-order valence-corrected chi connectivity index (χ3v) is 6.15. The van der Waals surface area contributed by atoms with Crippen molar-refractivity contribution in [2.24, 2.45) is 0 Å². The molecule has 2 N–H and O–H groups in total. The van der Waals surface area contributed by atoms with Crippen molar-refractivity contribution in [3.8, 4) is 5.75 Å². The Morgan fingerprint density at radius 3 is 2.64 bits per heavy atom. The van der Waals surface area contributed by atoms with Crippen LogP contribution in [0.2, 0.25) is 0 Å². The van der Waals surface area contributed by atoms with Gasteiger partial charge in [0, 0.05) is 12.2 Å². The number of hydrogen-bond acceptors (Lipinski definition) is 8. The van der Waals surface area contributed by atoms with Gasteiger partial charge in [0.15, 0.2) is 4.34 Å². The first-order valence-electron chi connectivity index (χ1n) is 7.20. The van der Waals surface area contributed by atoms with Gasteiger partial charge >= 0.3 is 0 Å². The van der Waals surface area contributed by atoms with Crippen LogP contribution in [0.15, 0.2) is 27.4 Å². The number of nitrogens with one attached hydrogen (secondary N) is 2. The summed E-state index contributed by atoms with van der Waals surface area (Å²) in [5.74, 6) is 0.0287. The molecule has 0 unspecified atom stereocenters. The maximum absolute atomic E-state index is 12.5. The number of sulfonamides is 1. The zero-order valence-corrected chi connectivity index (χ0v) is 16.5. The Kier molecular flexibility index (Phi) is 6.25. The predicted molar refractivity (Wildman–Crippen MR) is 99.0 cm³/mol. The first-order chi connectivity index (χ1) is 11.7. The Bertz CT molecular complexity index is 865. The highest BCUT2D eigenvalue weighted by atomic mass is 32.2. The molecular formula is C14H18N4O4S3. The molecule has 0 spiro atoms. The van der Waals surface area contributed by atoms with Crippen LogP contribution in [0.4, 0.5) is 10.8 Å². The van der Waals surface area contributed by atoms with Crippen molar-refractivity contribution < 1.29 is 17.9 Å². The van der Waals surface area contributed by atoms with Crippen molar-refractivity contribution >= 4 is 49.8 Å². The van der Waals surface area contributed by atoms with Crippen molar-refractivity contribution in [1.29, 1.82) is 0 Å². The van der Waals surface area contributed by atoms with E-state index in [1.165, 1.54) is 44.0 Å². The number of anilines is 2. The number of carbonyl (C=O) groups is 1. The second-order valence-electron chi connectivity index (χ2n) is 5.19. The van der Waals surface area contributed by atoms with E-state index in [0.717, 1.165) is 11.3 Å². The Morgan fingerprint density at radius 1 is 1.32 bits per heavy atom. The van der Waals surface area contributed by atoms with Crippen molar-refractivity contribution in [1.82, 2.24) is 10.2 Å². The molecule has 8 nitrogen and oxygen atoms in total. The van der Waals surface area contributed by atoms with E-state index >= 15 is 0 Å². The highest BCUT2D eigenvalue weighted by Crippen LogP contribution is 2.31. The van der Waals surface area contributed by atoms with Crippen molar-refractivity contribution in [3.63, 3.8) is 0 Å². The van der Waals surface area contributed by atoms with E-state index in [-0.39, 0.29) is 21.6 Å². The van der Waals surface area contributed by atoms with Gasteiger partial charge in [-0.05, 0) is 18.2 Å². The molecule has 1 amide bonds. The fourth-order valence-corrected chi connectivity index (χ4v) is 5.05. The standard InChI is InChI=1S/C14H18N4O4S3/c1-8(2)23-14-17-16-13(24-14)18-25(20,21)10-5-6-12(22-4)11(7-10)15-9(3)19/h5-8H,1-4H3,(H,15,19)(H,16,18). The van der Waals surface area contributed by atoms with Crippen LogP contribution in [-0.4, -0.2) is 36.9 Å². The number of aromatic nitrogens is 2. The Balaban J connectivity index is 2.26. The van der Waals surface area contributed by atoms with Gasteiger partial charge < -0.3 is 10.1 Å². The monoisotopic (exact) mass is 402 g/mol. The normalized spacial score (nSPS) is 11.4. The molecule has 11 heteroatoms. The molecule has 25 heavy (non-hydrogen) atoms. The van der Waals surface area contributed by atoms with E-state index in [0.29, 0.717) is 15.3 Å². The van der Waals surface area contributed by atoms with Crippen molar-refractivity contribution in [2.75, 3.05) is 17.1 Å². The molecule has 0 fully saturated rings. The maximum atomic E-state index is 12.5. The fraction of sp³-hybridized carbons (Fsp3) is 0.357. The summed E-state index contributed by atoms with van der Waals surface area (Å²) in [6.45, 7) is 5.35. The molecule has 0 radical (unpaired) electrons. The second-order valence-corrected chi connectivity index (χ2v) is 9.67. The van der Waals surface area contributed by atoms with Gasteiger partial charge in [-0.3, -0.25) is 9.52 Å². The van der Waals surface area contributed by atoms with E-state index in [1.807, 2.05) is 13.8 Å². The molecule has 0 bridgehead atoms. The zero-order chi connectivity index (χ0) is 18.6. The van der Waals surface area contributed by atoms with Gasteiger partial charge in [-0.15, -0.1) is 10.2 Å². The van der Waals surface area contributed by atoms with Crippen LogP contribution in [0.1, 0.15) is 20.8 Å². The van der Waals surface area contributed by atoms with Crippen LogP contribution in [-0.2, 0) is 14.8 Å². The van der Waals surface area contributed by atoms with Crippen LogP contribution in [0, 0.1) is 0 Å². The lowest BCUT2D eigenvalue weighted by atomic mass is 10.3. The number of methoxy groups -OCH3 is 1. The van der Waals surface area contributed by atoms with E-state index in [4.69, 9.17) is 4.74 Å². The molecule has 0 saturated heterocycles. The van der Waals surface area contributed by atoms with Crippen LogP contribution in [0.5, 0.6) is 5.75 Å². The summed E-state index contributed by atoms with van der Waals surface area (Å²) >= 11 is 2.66. The molecule has 1 heterocycles. The summed E-state index contributed by atoms with van der Waals surface area (Å²) < 4.78 is 33.3. The van der Waals surface area contributed by atoms with E-state index in [9.17, 15) is 13.2 Å². The first-order valence-corrected chi connectivity index (χ1v) is 10.4. The smallest absolute Gasteiger partial charge is 0.263 e. The van der Waals surface area contributed by atoms with Crippen LogP contribution in [0.25, 0.3) is 0 Å². The molecule has 0 aliphatic rings. The lowest BCUT2D eigenvalue weighted by molar-refractivity contribution is -0.114. The number of nitrogens with zero attached hydrogens (tertiary/aromatic N) is 2. The molecule has 2 rings (SSSR count). The summed E-state index contributed by atoms with van der Waals surface area (Å²) in [6, 6.07) is 4.19. The van der Waals surface area contributed by atoms with Gasteiger partial charge in [0.25, 0.3) is 10.0 Å². The van der Waals surface area contributed by atoms with Crippen LogP contribution < -0.4 is 14.8 Å². The summed E-state index contributed by atoms with van der Waals surface area (Å²) in [5.41, 5.74) is 0.270. The Labute approximate surface area is 154 Å². The summed E-state index contributed by atoms with van der Waals surface area (Å²) in [4.78, 5) is 11.3. The number of benzene rings is 1. The van der Waals surface area contributed by atoms with Crippen molar-refractivity contribution in [3.05, 3.63) is 18.2 Å². The van der Waals surface area contributed by atoms with Gasteiger partial charge in [-0.2, -0.15) is 0 Å². The topological polar surface area (TPSA) is 110 Å². The molecule has 0 aliphatic carbocycles. The summed E-state index contributed by atoms with van der Waals surface area (Å²) in [6.07, 6.45) is 0. The highest BCUT2D eigenvalue weighted by Gasteiger charge is 2.19. The van der Waals surface area contributed by atoms with Gasteiger partial charge in [0.2, 0.25) is 11.0 Å². The number of carbonyl (C=O) groups excluding carboxylic acids is 1. The maximum Gasteiger partial charge on any atom is 0.263 e. The molecule has 0 atom stereocenters. The molecule has 2 aromatic rings. The highest BCUT2D eigenvalue weighted by molar-refractivity contribution is 8.01. The summed E-state index contributed by atoms with van der Waals surface area (Å²) in [5, 5.41) is 10.8. The third kappa shape index (κ3) is 5.31. The minimum Gasteiger partial charge on any atom is -0.495 e. The average molecular weight is 403 g/mol. The van der Waals surface area contributed by atoms with E-state index < -0.39 is 10.0 Å². The molecule has 0 aliphatic heterocycles. The number of amides is 1. The molecule has 1 aromatic carbocycles. The number of hydrogen-bond donors (Lipinski definition) is 2. The minimum atomic E-state index is -3.87. The molecular weight excluding hydrogens is 384 g/mol. The number of thioether (sulfide) groups is 1. The number of rotatable bonds is 7.